The number of ether oxygens (including phenoxy) is 1. The van der Waals surface area contributed by atoms with Crippen LogP contribution in [0.5, 0.6) is 5.75 Å². The fourth-order valence-corrected chi connectivity index (χ4v) is 3.81. The van der Waals surface area contributed by atoms with Crippen LogP contribution in [-0.2, 0) is 14.8 Å². The van der Waals surface area contributed by atoms with E-state index in [1.807, 2.05) is 0 Å². The Morgan fingerprint density at radius 3 is 2.44 bits per heavy atom. The molecule has 2 aromatic rings. The first-order valence-electron chi connectivity index (χ1n) is 8.06. The second-order valence-electron chi connectivity index (χ2n) is 5.80. The zero-order chi connectivity index (χ0) is 20.2. The lowest BCUT2D eigenvalue weighted by Gasteiger charge is -2.30. The lowest BCUT2D eigenvalue weighted by Crippen LogP contribution is -2.47. The highest BCUT2D eigenvalue weighted by Gasteiger charge is 2.31. The van der Waals surface area contributed by atoms with Gasteiger partial charge in [0.2, 0.25) is 15.9 Å². The first-order chi connectivity index (χ1) is 12.7. The van der Waals surface area contributed by atoms with Crippen molar-refractivity contribution >= 4 is 27.3 Å². The van der Waals surface area contributed by atoms with Gasteiger partial charge in [0, 0.05) is 17.8 Å². The maximum Gasteiger partial charge on any atom is 0.248 e. The average Bonchev–Trinajstić information content (AvgIpc) is 2.61. The van der Waals surface area contributed by atoms with Gasteiger partial charge < -0.3 is 10.1 Å². The lowest BCUT2D eigenvalue weighted by molar-refractivity contribution is -0.117. The molecule has 2 rings (SSSR count). The zero-order valence-electron chi connectivity index (χ0n) is 15.1. The van der Waals surface area contributed by atoms with Crippen LogP contribution in [-0.4, -0.2) is 33.7 Å². The molecular formula is C18H20F2N2O4S. The number of amides is 1. The number of anilines is 2. The maximum absolute atomic E-state index is 13.4. The first-order valence-corrected chi connectivity index (χ1v) is 9.91. The molecule has 0 aliphatic heterocycles. The minimum Gasteiger partial charge on any atom is -0.497 e. The largest absolute Gasteiger partial charge is 0.497 e. The predicted octanol–water partition coefficient (Wildman–Crippen LogP) is 3.16. The van der Waals surface area contributed by atoms with Crippen LogP contribution in [0.3, 0.4) is 0 Å². The summed E-state index contributed by atoms with van der Waals surface area (Å²) in [5.41, 5.74) is 0.278. The fraction of sp³-hybridized carbons (Fsp3) is 0.278. The maximum atomic E-state index is 13.4. The van der Waals surface area contributed by atoms with Gasteiger partial charge in [-0.25, -0.2) is 17.2 Å². The van der Waals surface area contributed by atoms with E-state index in [0.29, 0.717) is 5.75 Å². The van der Waals surface area contributed by atoms with Gasteiger partial charge in [0.1, 0.15) is 11.8 Å². The van der Waals surface area contributed by atoms with E-state index in [1.165, 1.54) is 25.3 Å². The van der Waals surface area contributed by atoms with Crippen molar-refractivity contribution in [3.63, 3.8) is 0 Å². The summed E-state index contributed by atoms with van der Waals surface area (Å²) in [5, 5.41) is 2.43. The van der Waals surface area contributed by atoms with Crippen LogP contribution in [0.1, 0.15) is 13.3 Å². The summed E-state index contributed by atoms with van der Waals surface area (Å²) in [5.74, 6) is -2.41. The molecule has 2 aromatic carbocycles. The summed E-state index contributed by atoms with van der Waals surface area (Å²) in [6.45, 7) is 1.65. The molecular weight excluding hydrogens is 378 g/mol. The Labute approximate surface area is 156 Å². The topological polar surface area (TPSA) is 75.7 Å². The van der Waals surface area contributed by atoms with Gasteiger partial charge >= 0.3 is 0 Å². The molecule has 1 N–H and O–H groups in total. The molecule has 1 amide bonds. The summed E-state index contributed by atoms with van der Waals surface area (Å²) in [6.07, 6.45) is 1.14. The highest BCUT2D eigenvalue weighted by molar-refractivity contribution is 7.92. The molecule has 9 heteroatoms. The van der Waals surface area contributed by atoms with Crippen LogP contribution < -0.4 is 14.4 Å². The molecule has 0 spiro atoms. The van der Waals surface area contributed by atoms with Crippen LogP contribution in [0.25, 0.3) is 0 Å². The van der Waals surface area contributed by atoms with Gasteiger partial charge in [-0.3, -0.25) is 9.10 Å². The van der Waals surface area contributed by atoms with E-state index in [1.54, 1.807) is 19.1 Å². The van der Waals surface area contributed by atoms with E-state index in [-0.39, 0.29) is 17.8 Å². The Hall–Kier alpha value is -2.68. The smallest absolute Gasteiger partial charge is 0.248 e. The lowest BCUT2D eigenvalue weighted by atomic mass is 10.1. The molecule has 0 aliphatic rings. The Bertz CT molecular complexity index is 935. The molecule has 1 unspecified atom stereocenters. The number of methoxy groups -OCH3 is 1. The number of hydrogen-bond donors (Lipinski definition) is 1. The second kappa shape index (κ2) is 8.34. The van der Waals surface area contributed by atoms with Crippen LogP contribution in [0, 0.1) is 11.6 Å². The molecule has 0 fully saturated rings. The van der Waals surface area contributed by atoms with Crippen molar-refractivity contribution in [1.29, 1.82) is 0 Å². The number of benzene rings is 2. The van der Waals surface area contributed by atoms with Gasteiger partial charge in [0.05, 0.1) is 19.1 Å². The van der Waals surface area contributed by atoms with E-state index in [4.69, 9.17) is 4.74 Å². The number of halogens is 2. The normalized spacial score (nSPS) is 12.3. The van der Waals surface area contributed by atoms with Crippen LogP contribution in [0.2, 0.25) is 0 Å². The Kier molecular flexibility index (Phi) is 6.37. The first kappa shape index (κ1) is 20.6. The molecule has 0 aliphatic carbocycles. The molecule has 0 saturated heterocycles. The Balaban J connectivity index is 2.39. The highest BCUT2D eigenvalue weighted by Crippen LogP contribution is 2.27. The predicted molar refractivity (Wildman–Crippen MR) is 99.4 cm³/mol. The van der Waals surface area contributed by atoms with Gasteiger partial charge in [-0.2, -0.15) is 0 Å². The monoisotopic (exact) mass is 398 g/mol. The van der Waals surface area contributed by atoms with Crippen LogP contribution in [0.15, 0.2) is 42.5 Å². The Morgan fingerprint density at radius 1 is 1.19 bits per heavy atom. The third-order valence-electron chi connectivity index (χ3n) is 3.82. The van der Waals surface area contributed by atoms with Crippen molar-refractivity contribution in [3.05, 3.63) is 54.1 Å². The summed E-state index contributed by atoms with van der Waals surface area (Å²) < 4.78 is 57.3. The standard InChI is InChI=1S/C18H20F2N2O4S/c1-4-17(18(23)21-12-8-9-15(19)16(20)10-12)22(27(3,24)25)13-6-5-7-14(11-13)26-2/h5-11,17H,4H2,1-3H3,(H,21,23). The van der Waals surface area contributed by atoms with Gasteiger partial charge in [-0.15, -0.1) is 0 Å². The number of sulfonamides is 1. The SMILES string of the molecule is CCC(C(=O)Nc1ccc(F)c(F)c1)N(c1cccc(OC)c1)S(C)(=O)=O. The Morgan fingerprint density at radius 2 is 1.89 bits per heavy atom. The van der Waals surface area contributed by atoms with Crippen molar-refractivity contribution < 1.29 is 26.7 Å². The minimum atomic E-state index is -3.82. The van der Waals surface area contributed by atoms with Crippen LogP contribution in [0.4, 0.5) is 20.2 Å². The van der Waals surface area contributed by atoms with E-state index < -0.39 is 33.6 Å². The molecule has 1 atom stereocenters. The van der Waals surface area contributed by atoms with Gasteiger partial charge in [-0.1, -0.05) is 13.0 Å². The average molecular weight is 398 g/mol. The van der Waals surface area contributed by atoms with Crippen molar-refractivity contribution in [2.45, 2.75) is 19.4 Å². The van der Waals surface area contributed by atoms with E-state index in [0.717, 1.165) is 22.7 Å². The number of carbonyl (C=O) groups is 1. The number of nitrogens with one attached hydrogen (secondary N) is 1. The summed E-state index contributed by atoms with van der Waals surface area (Å²) in [4.78, 5) is 12.7. The zero-order valence-corrected chi connectivity index (χ0v) is 15.9. The summed E-state index contributed by atoms with van der Waals surface area (Å²) in [6, 6.07) is 8.09. The number of hydrogen-bond acceptors (Lipinski definition) is 4. The molecule has 6 nitrogen and oxygen atoms in total. The molecule has 146 valence electrons. The molecule has 0 heterocycles. The van der Waals surface area contributed by atoms with Crippen LogP contribution >= 0.6 is 0 Å². The van der Waals surface area contributed by atoms with Crippen molar-refractivity contribution in [3.8, 4) is 5.75 Å². The third-order valence-corrected chi connectivity index (χ3v) is 5.00. The fourth-order valence-electron chi connectivity index (χ4n) is 2.61. The van der Waals surface area contributed by atoms with Crippen molar-refractivity contribution in [2.75, 3.05) is 23.0 Å². The van der Waals surface area contributed by atoms with Crippen molar-refractivity contribution in [1.82, 2.24) is 0 Å². The van der Waals surface area contributed by atoms with Crippen molar-refractivity contribution in [2.24, 2.45) is 0 Å². The molecule has 0 radical (unpaired) electrons. The molecule has 0 aromatic heterocycles. The van der Waals surface area contributed by atoms with E-state index >= 15 is 0 Å². The second-order valence-corrected chi connectivity index (χ2v) is 7.66. The third kappa shape index (κ3) is 4.94. The van der Waals surface area contributed by atoms with Gasteiger partial charge in [0.25, 0.3) is 0 Å². The summed E-state index contributed by atoms with van der Waals surface area (Å²) >= 11 is 0. The number of nitrogens with zero attached hydrogens (tertiary/aromatic N) is 1. The van der Waals surface area contributed by atoms with Gasteiger partial charge in [-0.05, 0) is 30.7 Å². The van der Waals surface area contributed by atoms with Gasteiger partial charge in [0.15, 0.2) is 11.6 Å². The summed E-state index contributed by atoms with van der Waals surface area (Å²) in [7, 11) is -2.38. The van der Waals surface area contributed by atoms with E-state index in [2.05, 4.69) is 5.32 Å². The minimum absolute atomic E-state index is 0.0245. The van der Waals surface area contributed by atoms with E-state index in [9.17, 15) is 22.0 Å². The number of rotatable bonds is 7. The molecule has 0 bridgehead atoms. The molecule has 0 saturated carbocycles. The highest BCUT2D eigenvalue weighted by atomic mass is 32.2. The molecule has 27 heavy (non-hydrogen) atoms. The number of carbonyl (C=O) groups excluding carboxylic acids is 1. The quantitative estimate of drug-likeness (QED) is 0.777.